The van der Waals surface area contributed by atoms with Crippen LogP contribution in [0.15, 0.2) is 24.4 Å². The average Bonchev–Trinajstić information content (AvgIpc) is 3.07. The van der Waals surface area contributed by atoms with E-state index >= 15 is 0 Å². The summed E-state index contributed by atoms with van der Waals surface area (Å²) in [6, 6.07) is 5.75. The van der Waals surface area contributed by atoms with Crippen LogP contribution in [0, 0.1) is 6.92 Å². The molecule has 132 valence electrons. The number of halogens is 1. The molecule has 0 unspecified atom stereocenters. The zero-order chi connectivity index (χ0) is 17.3. The molecule has 2 aliphatic rings. The minimum absolute atomic E-state index is 0.392. The van der Waals surface area contributed by atoms with Crippen LogP contribution >= 0.6 is 11.6 Å². The van der Waals surface area contributed by atoms with Gasteiger partial charge in [-0.15, -0.1) is 5.10 Å². The highest BCUT2D eigenvalue weighted by Crippen LogP contribution is 2.32. The highest BCUT2D eigenvalue weighted by atomic mass is 35.5. The first kappa shape index (κ1) is 16.5. The third-order valence-corrected chi connectivity index (χ3v) is 5.04. The van der Waals surface area contributed by atoms with Gasteiger partial charge in [0.1, 0.15) is 0 Å². The predicted octanol–water partition coefficient (Wildman–Crippen LogP) is 2.92. The molecule has 0 amide bonds. The zero-order valence-corrected chi connectivity index (χ0v) is 14.8. The SMILES string of the molecule is Cc1ccc(Nc2nncc(N3CCC4(CC3)OCCO4)n2)cc1Cl. The zero-order valence-electron chi connectivity index (χ0n) is 14.0. The van der Waals surface area contributed by atoms with E-state index < -0.39 is 5.79 Å². The molecule has 1 aromatic carbocycles. The summed E-state index contributed by atoms with van der Waals surface area (Å²) in [5, 5.41) is 12.0. The van der Waals surface area contributed by atoms with Crippen molar-refractivity contribution in [3.63, 3.8) is 0 Å². The molecule has 0 atom stereocenters. The summed E-state index contributed by atoms with van der Waals surface area (Å²) in [6.45, 7) is 4.96. The van der Waals surface area contributed by atoms with Crippen molar-refractivity contribution in [2.24, 2.45) is 0 Å². The van der Waals surface area contributed by atoms with E-state index in [4.69, 9.17) is 21.1 Å². The summed E-state index contributed by atoms with van der Waals surface area (Å²) in [5.74, 6) is 0.853. The number of aromatic nitrogens is 3. The molecule has 8 heteroatoms. The summed E-state index contributed by atoms with van der Waals surface area (Å²) >= 11 is 6.16. The minimum Gasteiger partial charge on any atom is -0.355 e. The van der Waals surface area contributed by atoms with Gasteiger partial charge in [0.25, 0.3) is 0 Å². The highest BCUT2D eigenvalue weighted by Gasteiger charge is 2.40. The number of nitrogens with zero attached hydrogens (tertiary/aromatic N) is 4. The molecule has 2 aliphatic heterocycles. The maximum absolute atomic E-state index is 6.16. The lowest BCUT2D eigenvalue weighted by Gasteiger charge is -2.37. The number of hydrogen-bond donors (Lipinski definition) is 1. The molecule has 1 aromatic heterocycles. The second kappa shape index (κ2) is 6.74. The number of nitrogens with one attached hydrogen (secondary N) is 1. The molecule has 1 N–H and O–H groups in total. The first-order valence-electron chi connectivity index (χ1n) is 8.39. The molecular weight excluding hydrogens is 342 g/mol. The third kappa shape index (κ3) is 3.53. The Bertz CT molecular complexity index is 756. The molecule has 2 aromatic rings. The van der Waals surface area contributed by atoms with Crippen molar-refractivity contribution in [1.29, 1.82) is 0 Å². The molecule has 0 saturated carbocycles. The van der Waals surface area contributed by atoms with Gasteiger partial charge >= 0.3 is 0 Å². The number of benzene rings is 1. The quantitative estimate of drug-likeness (QED) is 0.901. The third-order valence-electron chi connectivity index (χ3n) is 4.64. The van der Waals surface area contributed by atoms with Crippen molar-refractivity contribution in [3.05, 3.63) is 35.0 Å². The van der Waals surface area contributed by atoms with Crippen molar-refractivity contribution in [1.82, 2.24) is 15.2 Å². The van der Waals surface area contributed by atoms with E-state index in [0.29, 0.717) is 24.2 Å². The molecular formula is C17H20ClN5O2. The fourth-order valence-electron chi connectivity index (χ4n) is 3.16. The van der Waals surface area contributed by atoms with E-state index in [1.54, 1.807) is 6.20 Å². The van der Waals surface area contributed by atoms with Gasteiger partial charge in [-0.1, -0.05) is 17.7 Å². The van der Waals surface area contributed by atoms with Crippen molar-refractivity contribution in [2.45, 2.75) is 25.6 Å². The molecule has 3 heterocycles. The predicted molar refractivity (Wildman–Crippen MR) is 95.4 cm³/mol. The molecule has 7 nitrogen and oxygen atoms in total. The van der Waals surface area contributed by atoms with Crippen LogP contribution in [-0.4, -0.2) is 47.3 Å². The Morgan fingerprint density at radius 2 is 1.96 bits per heavy atom. The Kier molecular flexibility index (Phi) is 4.45. The van der Waals surface area contributed by atoms with Crippen molar-refractivity contribution in [2.75, 3.05) is 36.5 Å². The first-order valence-corrected chi connectivity index (χ1v) is 8.77. The maximum Gasteiger partial charge on any atom is 0.249 e. The molecule has 25 heavy (non-hydrogen) atoms. The van der Waals surface area contributed by atoms with Crippen LogP contribution in [0.2, 0.25) is 5.02 Å². The van der Waals surface area contributed by atoms with Crippen LogP contribution < -0.4 is 10.2 Å². The van der Waals surface area contributed by atoms with Crippen LogP contribution in [-0.2, 0) is 9.47 Å². The van der Waals surface area contributed by atoms with Crippen LogP contribution in [0.25, 0.3) is 0 Å². The summed E-state index contributed by atoms with van der Waals surface area (Å²) in [4.78, 5) is 6.75. The lowest BCUT2D eigenvalue weighted by Crippen LogP contribution is -2.45. The second-order valence-corrected chi connectivity index (χ2v) is 6.73. The largest absolute Gasteiger partial charge is 0.355 e. The van der Waals surface area contributed by atoms with Crippen LogP contribution in [0.3, 0.4) is 0 Å². The number of ether oxygens (including phenoxy) is 2. The van der Waals surface area contributed by atoms with E-state index in [9.17, 15) is 0 Å². The second-order valence-electron chi connectivity index (χ2n) is 6.32. The Morgan fingerprint density at radius 1 is 1.20 bits per heavy atom. The first-order chi connectivity index (χ1) is 12.1. The fourth-order valence-corrected chi connectivity index (χ4v) is 3.34. The number of aryl methyl sites for hydroxylation is 1. The van der Waals surface area contributed by atoms with E-state index in [0.717, 1.165) is 43.0 Å². The average molecular weight is 362 g/mol. The van der Waals surface area contributed by atoms with Gasteiger partial charge < -0.3 is 19.7 Å². The Balaban J connectivity index is 1.45. The minimum atomic E-state index is -0.392. The van der Waals surface area contributed by atoms with Gasteiger partial charge in [-0.3, -0.25) is 0 Å². The van der Waals surface area contributed by atoms with Gasteiger partial charge in [-0.25, -0.2) is 0 Å². The van der Waals surface area contributed by atoms with Crippen LogP contribution in [0.1, 0.15) is 18.4 Å². The molecule has 2 saturated heterocycles. The lowest BCUT2D eigenvalue weighted by molar-refractivity contribution is -0.169. The van der Waals surface area contributed by atoms with E-state index in [1.165, 1.54) is 0 Å². The van der Waals surface area contributed by atoms with Crippen molar-refractivity contribution in [3.8, 4) is 0 Å². The van der Waals surface area contributed by atoms with E-state index in [-0.39, 0.29) is 0 Å². The van der Waals surface area contributed by atoms with E-state index in [1.807, 2.05) is 25.1 Å². The topological polar surface area (TPSA) is 72.4 Å². The van der Waals surface area contributed by atoms with Gasteiger partial charge in [0.15, 0.2) is 11.6 Å². The maximum atomic E-state index is 6.16. The highest BCUT2D eigenvalue weighted by molar-refractivity contribution is 6.31. The molecule has 4 rings (SSSR count). The molecule has 0 bridgehead atoms. The fraction of sp³-hybridized carbons (Fsp3) is 0.471. The monoisotopic (exact) mass is 361 g/mol. The van der Waals surface area contributed by atoms with Gasteiger partial charge in [0, 0.05) is 36.6 Å². The number of piperidine rings is 1. The Morgan fingerprint density at radius 3 is 2.68 bits per heavy atom. The lowest BCUT2D eigenvalue weighted by atomic mass is 10.0. The number of rotatable bonds is 3. The normalized spacial score (nSPS) is 19.4. The van der Waals surface area contributed by atoms with Gasteiger partial charge in [0.05, 0.1) is 19.4 Å². The summed E-state index contributed by atoms with van der Waals surface area (Å²) in [6.07, 6.45) is 3.34. The van der Waals surface area contributed by atoms with Crippen LogP contribution in [0.4, 0.5) is 17.5 Å². The van der Waals surface area contributed by atoms with Gasteiger partial charge in [0.2, 0.25) is 5.95 Å². The summed E-state index contributed by atoms with van der Waals surface area (Å²) in [7, 11) is 0. The summed E-state index contributed by atoms with van der Waals surface area (Å²) < 4.78 is 11.5. The molecule has 0 aliphatic carbocycles. The molecule has 0 radical (unpaired) electrons. The van der Waals surface area contributed by atoms with E-state index in [2.05, 4.69) is 25.4 Å². The van der Waals surface area contributed by atoms with Crippen molar-refractivity contribution >= 4 is 29.1 Å². The van der Waals surface area contributed by atoms with Gasteiger partial charge in [-0.05, 0) is 24.6 Å². The summed E-state index contributed by atoms with van der Waals surface area (Å²) in [5.41, 5.74) is 1.86. The number of anilines is 3. The van der Waals surface area contributed by atoms with Crippen molar-refractivity contribution < 1.29 is 9.47 Å². The Hall–Kier alpha value is -1.96. The van der Waals surface area contributed by atoms with Crippen LogP contribution in [0.5, 0.6) is 0 Å². The molecule has 1 spiro atoms. The number of hydrogen-bond acceptors (Lipinski definition) is 7. The van der Waals surface area contributed by atoms with Gasteiger partial charge in [-0.2, -0.15) is 10.1 Å². The smallest absolute Gasteiger partial charge is 0.249 e. The Labute approximate surface area is 151 Å². The standard InChI is InChI=1S/C17H20ClN5O2/c1-12-2-3-13(10-14(12)18)20-16-21-15(11-19-22-16)23-6-4-17(5-7-23)24-8-9-25-17/h2-3,10-11H,4-9H2,1H3,(H,20,21,22). The molecule has 2 fully saturated rings.